The van der Waals surface area contributed by atoms with Crippen LogP contribution in [0.1, 0.15) is 18.3 Å². The zero-order chi connectivity index (χ0) is 17.8. The molecule has 0 fully saturated rings. The van der Waals surface area contributed by atoms with Crippen LogP contribution in [0.2, 0.25) is 0 Å². The number of amides is 2. The molecule has 0 aliphatic heterocycles. The topological polar surface area (TPSA) is 76.0 Å². The maximum atomic E-state index is 12.5. The fourth-order valence-corrected chi connectivity index (χ4v) is 2.62. The zero-order valence-corrected chi connectivity index (χ0v) is 14.2. The summed E-state index contributed by atoms with van der Waals surface area (Å²) in [6, 6.07) is 15.2. The first-order valence-corrected chi connectivity index (χ1v) is 8.08. The highest BCUT2D eigenvalue weighted by molar-refractivity contribution is 5.91. The van der Waals surface area contributed by atoms with Crippen LogP contribution in [0, 0.1) is 6.92 Å². The van der Waals surface area contributed by atoms with Crippen LogP contribution in [0.5, 0.6) is 0 Å². The van der Waals surface area contributed by atoms with Gasteiger partial charge in [0.1, 0.15) is 12.4 Å². The summed E-state index contributed by atoms with van der Waals surface area (Å²) in [6.07, 6.45) is 0. The Balaban J connectivity index is 1.83. The molecule has 6 nitrogen and oxygen atoms in total. The molecule has 0 bridgehead atoms. The van der Waals surface area contributed by atoms with E-state index in [1.165, 1.54) is 6.92 Å². The molecule has 0 spiro atoms. The van der Waals surface area contributed by atoms with Crippen LogP contribution in [-0.4, -0.2) is 21.4 Å². The number of aromatic nitrogens is 2. The van der Waals surface area contributed by atoms with E-state index in [4.69, 9.17) is 0 Å². The number of hydrogen-bond acceptors (Lipinski definition) is 3. The van der Waals surface area contributed by atoms with E-state index in [9.17, 15) is 9.59 Å². The number of carbonyl (C=O) groups is 2. The molecule has 3 rings (SSSR count). The minimum atomic E-state index is -0.143. The standard InChI is InChI=1S/C19H20N4O2/c1-13-7-9-15(10-8-13)21-19(25)12-23-17-6-4-3-5-16(17)22-18(23)11-20-14(2)24/h3-10H,11-12H2,1-2H3,(H,20,24)(H,21,25). The van der Waals surface area contributed by atoms with E-state index in [0.717, 1.165) is 22.3 Å². The minimum absolute atomic E-state index is 0.128. The number of fused-ring (bicyclic) bond motifs is 1. The van der Waals surface area contributed by atoms with Gasteiger partial charge in [-0.15, -0.1) is 0 Å². The maximum Gasteiger partial charge on any atom is 0.244 e. The Bertz CT molecular complexity index is 913. The number of nitrogens with one attached hydrogen (secondary N) is 2. The van der Waals surface area contributed by atoms with Gasteiger partial charge in [0.2, 0.25) is 11.8 Å². The van der Waals surface area contributed by atoms with Gasteiger partial charge in [0, 0.05) is 12.6 Å². The van der Waals surface area contributed by atoms with E-state index in [1.54, 1.807) is 0 Å². The molecule has 0 aliphatic rings. The minimum Gasteiger partial charge on any atom is -0.349 e. The van der Waals surface area contributed by atoms with Crippen molar-refractivity contribution in [2.45, 2.75) is 26.9 Å². The molecule has 0 atom stereocenters. The molecule has 2 aromatic carbocycles. The first kappa shape index (κ1) is 16.7. The number of aryl methyl sites for hydroxylation is 1. The Hall–Kier alpha value is -3.15. The van der Waals surface area contributed by atoms with Gasteiger partial charge in [0.05, 0.1) is 17.6 Å². The van der Waals surface area contributed by atoms with Crippen LogP contribution in [0.15, 0.2) is 48.5 Å². The monoisotopic (exact) mass is 336 g/mol. The van der Waals surface area contributed by atoms with Crippen molar-refractivity contribution < 1.29 is 9.59 Å². The van der Waals surface area contributed by atoms with Crippen LogP contribution < -0.4 is 10.6 Å². The van der Waals surface area contributed by atoms with Crippen molar-refractivity contribution >= 4 is 28.5 Å². The van der Waals surface area contributed by atoms with Gasteiger partial charge in [-0.2, -0.15) is 0 Å². The molecular weight excluding hydrogens is 316 g/mol. The van der Waals surface area contributed by atoms with E-state index in [1.807, 2.05) is 60.0 Å². The zero-order valence-electron chi connectivity index (χ0n) is 14.2. The maximum absolute atomic E-state index is 12.5. The van der Waals surface area contributed by atoms with Gasteiger partial charge in [-0.05, 0) is 31.2 Å². The summed E-state index contributed by atoms with van der Waals surface area (Å²) in [6.45, 7) is 3.86. The van der Waals surface area contributed by atoms with E-state index < -0.39 is 0 Å². The van der Waals surface area contributed by atoms with E-state index in [2.05, 4.69) is 15.6 Å². The van der Waals surface area contributed by atoms with Crippen LogP contribution in [0.3, 0.4) is 0 Å². The second-order valence-corrected chi connectivity index (χ2v) is 5.93. The largest absolute Gasteiger partial charge is 0.349 e. The Morgan fingerprint density at radius 1 is 1.08 bits per heavy atom. The number of rotatable bonds is 5. The molecule has 2 N–H and O–H groups in total. The summed E-state index contributed by atoms with van der Waals surface area (Å²) in [5.41, 5.74) is 3.55. The van der Waals surface area contributed by atoms with Crippen LogP contribution in [0.4, 0.5) is 5.69 Å². The third-order valence-corrected chi connectivity index (χ3v) is 3.87. The predicted octanol–water partition coefficient (Wildman–Crippen LogP) is 2.62. The van der Waals surface area contributed by atoms with Gasteiger partial charge in [-0.1, -0.05) is 29.8 Å². The Morgan fingerprint density at radius 2 is 1.80 bits per heavy atom. The summed E-state index contributed by atoms with van der Waals surface area (Å²) < 4.78 is 1.83. The lowest BCUT2D eigenvalue weighted by Crippen LogP contribution is -2.24. The molecule has 6 heteroatoms. The molecule has 25 heavy (non-hydrogen) atoms. The van der Waals surface area contributed by atoms with Gasteiger partial charge < -0.3 is 15.2 Å². The Morgan fingerprint density at radius 3 is 2.52 bits per heavy atom. The molecule has 1 heterocycles. The molecule has 3 aromatic rings. The highest BCUT2D eigenvalue weighted by Gasteiger charge is 2.14. The lowest BCUT2D eigenvalue weighted by molar-refractivity contribution is -0.119. The van der Waals surface area contributed by atoms with Crippen molar-refractivity contribution in [1.29, 1.82) is 0 Å². The lowest BCUT2D eigenvalue weighted by atomic mass is 10.2. The van der Waals surface area contributed by atoms with E-state index in [0.29, 0.717) is 5.82 Å². The first-order valence-electron chi connectivity index (χ1n) is 8.08. The number of para-hydroxylation sites is 2. The van der Waals surface area contributed by atoms with Crippen LogP contribution in [-0.2, 0) is 22.7 Å². The van der Waals surface area contributed by atoms with Gasteiger partial charge in [0.15, 0.2) is 0 Å². The second kappa shape index (κ2) is 7.17. The molecule has 1 aromatic heterocycles. The average molecular weight is 336 g/mol. The third kappa shape index (κ3) is 4.03. The quantitative estimate of drug-likeness (QED) is 0.752. The van der Waals surface area contributed by atoms with Crippen LogP contribution in [0.25, 0.3) is 11.0 Å². The number of anilines is 1. The molecule has 0 aliphatic carbocycles. The van der Waals surface area contributed by atoms with Gasteiger partial charge in [-0.3, -0.25) is 9.59 Å². The molecule has 0 radical (unpaired) electrons. The third-order valence-electron chi connectivity index (χ3n) is 3.87. The Labute approximate surface area is 145 Å². The van der Waals surface area contributed by atoms with Gasteiger partial charge in [-0.25, -0.2) is 4.98 Å². The van der Waals surface area contributed by atoms with Crippen molar-refractivity contribution in [3.8, 4) is 0 Å². The normalized spacial score (nSPS) is 10.6. The first-order chi connectivity index (χ1) is 12.0. The van der Waals surface area contributed by atoms with Crippen molar-refractivity contribution in [2.75, 3.05) is 5.32 Å². The van der Waals surface area contributed by atoms with Crippen molar-refractivity contribution in [2.24, 2.45) is 0 Å². The number of benzene rings is 2. The molecule has 2 amide bonds. The van der Waals surface area contributed by atoms with E-state index >= 15 is 0 Å². The summed E-state index contributed by atoms with van der Waals surface area (Å²) >= 11 is 0. The van der Waals surface area contributed by atoms with Crippen molar-refractivity contribution in [1.82, 2.24) is 14.9 Å². The van der Waals surface area contributed by atoms with E-state index in [-0.39, 0.29) is 24.9 Å². The van der Waals surface area contributed by atoms with Gasteiger partial charge >= 0.3 is 0 Å². The molecule has 128 valence electrons. The highest BCUT2D eigenvalue weighted by Crippen LogP contribution is 2.16. The summed E-state index contributed by atoms with van der Waals surface area (Å²) in [7, 11) is 0. The summed E-state index contributed by atoms with van der Waals surface area (Å²) in [5.74, 6) is 0.370. The number of nitrogens with zero attached hydrogens (tertiary/aromatic N) is 2. The van der Waals surface area contributed by atoms with Crippen LogP contribution >= 0.6 is 0 Å². The molecular formula is C19H20N4O2. The predicted molar refractivity (Wildman–Crippen MR) is 97.1 cm³/mol. The fraction of sp³-hybridized carbons (Fsp3) is 0.211. The summed E-state index contributed by atoms with van der Waals surface area (Å²) in [5, 5.41) is 5.63. The van der Waals surface area contributed by atoms with Gasteiger partial charge in [0.25, 0.3) is 0 Å². The molecule has 0 saturated heterocycles. The average Bonchev–Trinajstić information content (AvgIpc) is 2.93. The molecule has 0 unspecified atom stereocenters. The SMILES string of the molecule is CC(=O)NCc1nc2ccccc2n1CC(=O)Nc1ccc(C)cc1. The Kier molecular flexibility index (Phi) is 4.79. The number of imidazole rings is 1. The second-order valence-electron chi connectivity index (χ2n) is 5.93. The molecule has 0 saturated carbocycles. The number of hydrogen-bond donors (Lipinski definition) is 2. The fourth-order valence-electron chi connectivity index (χ4n) is 2.62. The lowest BCUT2D eigenvalue weighted by Gasteiger charge is -2.10. The van der Waals surface area contributed by atoms with Crippen molar-refractivity contribution in [3.63, 3.8) is 0 Å². The highest BCUT2D eigenvalue weighted by atomic mass is 16.2. The van der Waals surface area contributed by atoms with Crippen molar-refractivity contribution in [3.05, 3.63) is 59.9 Å². The smallest absolute Gasteiger partial charge is 0.244 e. The number of carbonyl (C=O) groups excluding carboxylic acids is 2. The summed E-state index contributed by atoms with van der Waals surface area (Å²) in [4.78, 5) is 28.2.